The summed E-state index contributed by atoms with van der Waals surface area (Å²) in [7, 11) is 0. The largest absolute Gasteiger partial charge is 0.325 e. The lowest BCUT2D eigenvalue weighted by Crippen LogP contribution is -2.66. The molecule has 2 aliphatic heterocycles. The topological polar surface area (TPSA) is 23.6 Å². The fourth-order valence-electron chi connectivity index (χ4n) is 4.30. The molecule has 1 saturated carbocycles. The van der Waals surface area contributed by atoms with Crippen LogP contribution < -0.4 is 0 Å². The maximum Gasteiger partial charge on any atom is 0.320 e. The van der Waals surface area contributed by atoms with E-state index in [-0.39, 0.29) is 6.03 Å². The SMILES string of the molecule is C=C/C(=C\C=C(C)C)C1CC2(C1)CN(C(=O)N1CCCCC1)C2. The number of allylic oxidation sites excluding steroid dienone is 5. The number of piperidine rings is 1. The molecule has 0 atom stereocenters. The van der Waals surface area contributed by atoms with Crippen LogP contribution in [0.3, 0.4) is 0 Å². The third-order valence-corrected chi connectivity index (χ3v) is 5.62. The zero-order valence-electron chi connectivity index (χ0n) is 14.7. The molecule has 3 fully saturated rings. The number of hydrogen-bond acceptors (Lipinski definition) is 1. The van der Waals surface area contributed by atoms with Crippen molar-refractivity contribution in [2.45, 2.75) is 46.0 Å². The van der Waals surface area contributed by atoms with E-state index in [2.05, 4.69) is 42.4 Å². The number of carbonyl (C=O) groups is 1. The molecule has 3 heteroatoms. The van der Waals surface area contributed by atoms with Crippen LogP contribution in [0.1, 0.15) is 46.0 Å². The molecule has 0 bridgehead atoms. The van der Waals surface area contributed by atoms with E-state index in [1.54, 1.807) is 0 Å². The maximum atomic E-state index is 12.5. The highest BCUT2D eigenvalue weighted by molar-refractivity contribution is 5.75. The lowest BCUT2D eigenvalue weighted by atomic mass is 9.56. The maximum absolute atomic E-state index is 12.5. The van der Waals surface area contributed by atoms with Crippen molar-refractivity contribution >= 4 is 6.03 Å². The second-order valence-corrected chi connectivity index (χ2v) is 7.91. The van der Waals surface area contributed by atoms with E-state index < -0.39 is 0 Å². The van der Waals surface area contributed by atoms with Gasteiger partial charge in [-0.25, -0.2) is 4.79 Å². The van der Waals surface area contributed by atoms with Gasteiger partial charge in [0.15, 0.2) is 0 Å². The summed E-state index contributed by atoms with van der Waals surface area (Å²) in [4.78, 5) is 16.6. The van der Waals surface area contributed by atoms with Gasteiger partial charge in [-0.05, 0) is 57.4 Å². The van der Waals surface area contributed by atoms with Gasteiger partial charge < -0.3 is 9.80 Å². The van der Waals surface area contributed by atoms with Crippen molar-refractivity contribution in [3.8, 4) is 0 Å². The molecule has 0 unspecified atom stereocenters. The molecule has 2 heterocycles. The first kappa shape index (κ1) is 16.4. The van der Waals surface area contributed by atoms with Crippen LogP contribution in [0.15, 0.2) is 36.0 Å². The molecule has 0 aromatic heterocycles. The van der Waals surface area contributed by atoms with Crippen LogP contribution in [0.2, 0.25) is 0 Å². The first-order valence-corrected chi connectivity index (χ1v) is 9.04. The minimum Gasteiger partial charge on any atom is -0.325 e. The van der Waals surface area contributed by atoms with Crippen molar-refractivity contribution in [3.63, 3.8) is 0 Å². The second-order valence-electron chi connectivity index (χ2n) is 7.91. The minimum atomic E-state index is 0.280. The van der Waals surface area contributed by atoms with E-state index >= 15 is 0 Å². The van der Waals surface area contributed by atoms with Gasteiger partial charge >= 0.3 is 6.03 Å². The molecule has 0 N–H and O–H groups in total. The minimum absolute atomic E-state index is 0.280. The quantitative estimate of drug-likeness (QED) is 0.709. The number of carbonyl (C=O) groups excluding carboxylic acids is 1. The summed E-state index contributed by atoms with van der Waals surface area (Å²) in [5, 5.41) is 0. The summed E-state index contributed by atoms with van der Waals surface area (Å²) in [5.74, 6) is 0.635. The number of nitrogens with zero attached hydrogens (tertiary/aromatic N) is 2. The van der Waals surface area contributed by atoms with Crippen LogP contribution in [0, 0.1) is 11.3 Å². The Kier molecular flexibility index (Phi) is 4.65. The molecule has 3 nitrogen and oxygen atoms in total. The number of hydrogen-bond donors (Lipinski definition) is 0. The lowest BCUT2D eigenvalue weighted by molar-refractivity contribution is -0.0660. The van der Waals surface area contributed by atoms with Crippen molar-refractivity contribution < 1.29 is 4.79 Å². The smallest absolute Gasteiger partial charge is 0.320 e. The first-order chi connectivity index (χ1) is 11.0. The Hall–Kier alpha value is -1.51. The molecular weight excluding hydrogens is 284 g/mol. The number of urea groups is 1. The standard InChI is InChI=1S/C20H30N2O/c1-4-17(9-8-16(2)3)18-12-20(13-18)14-22(15-20)19(23)21-10-6-5-7-11-21/h4,8-9,18H,1,5-7,10-15H2,2-3H3/b17-9+. The highest BCUT2D eigenvalue weighted by Gasteiger charge is 2.54. The fraction of sp³-hybridized carbons (Fsp3) is 0.650. The summed E-state index contributed by atoms with van der Waals surface area (Å²) in [6.07, 6.45) is 12.4. The van der Waals surface area contributed by atoms with Gasteiger partial charge in [0.2, 0.25) is 0 Å². The van der Waals surface area contributed by atoms with Gasteiger partial charge in [-0.3, -0.25) is 0 Å². The number of amides is 2. The van der Waals surface area contributed by atoms with Gasteiger partial charge in [-0.15, -0.1) is 0 Å². The predicted octanol–water partition coefficient (Wildman–Crippen LogP) is 4.38. The van der Waals surface area contributed by atoms with Gasteiger partial charge in [0.25, 0.3) is 0 Å². The lowest BCUT2D eigenvalue weighted by Gasteiger charge is -2.60. The predicted molar refractivity (Wildman–Crippen MR) is 95.3 cm³/mol. The highest BCUT2D eigenvalue weighted by Crippen LogP contribution is 2.54. The fourth-order valence-corrected chi connectivity index (χ4v) is 4.30. The normalized spacial score (nSPS) is 24.0. The van der Waals surface area contributed by atoms with E-state index in [9.17, 15) is 4.79 Å². The van der Waals surface area contributed by atoms with Crippen LogP contribution in [-0.4, -0.2) is 42.0 Å². The van der Waals surface area contributed by atoms with Crippen molar-refractivity contribution in [1.82, 2.24) is 9.80 Å². The summed E-state index contributed by atoms with van der Waals surface area (Å²) in [6, 6.07) is 0.280. The average molecular weight is 314 g/mol. The average Bonchev–Trinajstić information content (AvgIpc) is 2.47. The van der Waals surface area contributed by atoms with E-state index in [0.717, 1.165) is 26.2 Å². The molecule has 3 rings (SSSR count). The second kappa shape index (κ2) is 6.54. The van der Waals surface area contributed by atoms with Gasteiger partial charge in [-0.2, -0.15) is 0 Å². The Bertz CT molecular complexity index is 522. The van der Waals surface area contributed by atoms with E-state index in [4.69, 9.17) is 0 Å². The molecule has 2 saturated heterocycles. The zero-order chi connectivity index (χ0) is 16.4. The Morgan fingerprint density at radius 1 is 1.04 bits per heavy atom. The Morgan fingerprint density at radius 2 is 1.70 bits per heavy atom. The molecule has 0 aromatic rings. The molecule has 126 valence electrons. The van der Waals surface area contributed by atoms with Gasteiger partial charge in [0.05, 0.1) is 0 Å². The molecule has 23 heavy (non-hydrogen) atoms. The molecule has 2 amide bonds. The Balaban J connectivity index is 1.49. The number of likely N-dealkylation sites (tertiary alicyclic amines) is 2. The Labute approximate surface area is 140 Å². The van der Waals surface area contributed by atoms with Gasteiger partial charge in [0.1, 0.15) is 0 Å². The van der Waals surface area contributed by atoms with Crippen LogP contribution >= 0.6 is 0 Å². The first-order valence-electron chi connectivity index (χ1n) is 9.04. The zero-order valence-corrected chi connectivity index (χ0v) is 14.7. The van der Waals surface area contributed by atoms with Crippen LogP contribution in [0.25, 0.3) is 0 Å². The molecule has 0 radical (unpaired) electrons. The molecule has 1 aliphatic carbocycles. The van der Waals surface area contributed by atoms with Crippen LogP contribution in [0.5, 0.6) is 0 Å². The Morgan fingerprint density at radius 3 is 2.26 bits per heavy atom. The van der Waals surface area contributed by atoms with E-state index in [1.807, 2.05) is 6.08 Å². The molecule has 3 aliphatic rings. The van der Waals surface area contributed by atoms with Gasteiger partial charge in [-0.1, -0.05) is 30.4 Å². The monoisotopic (exact) mass is 314 g/mol. The van der Waals surface area contributed by atoms with E-state index in [1.165, 1.54) is 43.3 Å². The van der Waals surface area contributed by atoms with Crippen molar-refractivity contribution in [3.05, 3.63) is 36.0 Å². The summed E-state index contributed by atoms with van der Waals surface area (Å²) in [5.41, 5.74) is 3.08. The van der Waals surface area contributed by atoms with Crippen molar-refractivity contribution in [2.24, 2.45) is 11.3 Å². The summed E-state index contributed by atoms with van der Waals surface area (Å²) in [6.45, 7) is 12.0. The van der Waals surface area contributed by atoms with E-state index in [0.29, 0.717) is 11.3 Å². The summed E-state index contributed by atoms with van der Waals surface area (Å²) < 4.78 is 0. The third kappa shape index (κ3) is 3.39. The van der Waals surface area contributed by atoms with Crippen molar-refractivity contribution in [1.29, 1.82) is 0 Å². The number of rotatable bonds is 3. The molecular formula is C20H30N2O. The third-order valence-electron chi connectivity index (χ3n) is 5.62. The van der Waals surface area contributed by atoms with Crippen LogP contribution in [0.4, 0.5) is 4.79 Å². The van der Waals surface area contributed by atoms with Crippen LogP contribution in [-0.2, 0) is 0 Å². The van der Waals surface area contributed by atoms with Gasteiger partial charge in [0, 0.05) is 31.6 Å². The van der Waals surface area contributed by atoms with Crippen molar-refractivity contribution in [2.75, 3.05) is 26.2 Å². The molecule has 0 aromatic carbocycles. The summed E-state index contributed by atoms with van der Waals surface area (Å²) >= 11 is 0. The molecule has 1 spiro atoms. The highest BCUT2D eigenvalue weighted by atomic mass is 16.2.